The van der Waals surface area contributed by atoms with E-state index in [1.807, 2.05) is 23.1 Å². The van der Waals surface area contributed by atoms with Crippen LogP contribution in [-0.4, -0.2) is 53.7 Å². The maximum Gasteiger partial charge on any atom is 0.247 e. The fourth-order valence-electron chi connectivity index (χ4n) is 4.58. The summed E-state index contributed by atoms with van der Waals surface area (Å²) in [6.07, 6.45) is 7.26. The number of piperidine rings is 1. The zero-order chi connectivity index (χ0) is 20.5. The molecule has 1 fully saturated rings. The Morgan fingerprint density at radius 2 is 1.86 bits per heavy atom. The molecule has 0 unspecified atom stereocenters. The number of fused-ring (bicyclic) bond motifs is 1. The number of hydrogen-bond donors (Lipinski definition) is 0. The van der Waals surface area contributed by atoms with E-state index in [1.54, 1.807) is 19.0 Å². The van der Waals surface area contributed by atoms with E-state index in [0.29, 0.717) is 23.9 Å². The Kier molecular flexibility index (Phi) is 5.63. The molecule has 0 saturated carbocycles. The van der Waals surface area contributed by atoms with E-state index in [0.717, 1.165) is 37.0 Å². The molecule has 4 rings (SSSR count). The Labute approximate surface area is 176 Å². The average Bonchev–Trinajstić information content (AvgIpc) is 2.74. The molecule has 0 bridgehead atoms. The smallest absolute Gasteiger partial charge is 0.247 e. The summed E-state index contributed by atoms with van der Waals surface area (Å²) in [7, 11) is 1.59. The topological polar surface area (TPSA) is 62.2 Å². The first kappa shape index (κ1) is 20.0. The number of carbonyl (C=O) groups excluding carboxylic acids is 2. The minimum atomic E-state index is -0.0980. The molecule has 3 aliphatic rings. The number of allylic oxidation sites excluding steroid dienone is 2. The summed E-state index contributed by atoms with van der Waals surface area (Å²) in [5.41, 5.74) is 1.84. The van der Waals surface area contributed by atoms with Crippen LogP contribution in [0.1, 0.15) is 38.2 Å². The molecule has 1 aromatic rings. The van der Waals surface area contributed by atoms with E-state index in [2.05, 4.69) is 12.2 Å². The van der Waals surface area contributed by atoms with Crippen molar-refractivity contribution in [2.75, 3.05) is 20.2 Å². The standard InChI is InChI=1S/C22H26ClN3O3/c1-14(27)25-11-9-16(10-12-25)26-22(28)18-6-4-3-5-17(18)21(24-26)15-7-8-20(29-2)19(23)13-15/h3-4,7-8,13,16-18H,5-6,9-12H2,1-2H3/t17-,18+/m0/s1. The number of hydrazone groups is 1. The van der Waals surface area contributed by atoms with Gasteiger partial charge >= 0.3 is 0 Å². The van der Waals surface area contributed by atoms with Gasteiger partial charge in [0.25, 0.3) is 0 Å². The molecule has 0 radical (unpaired) electrons. The van der Waals surface area contributed by atoms with Crippen molar-refractivity contribution in [1.82, 2.24) is 9.91 Å². The molecule has 154 valence electrons. The maximum atomic E-state index is 13.3. The summed E-state index contributed by atoms with van der Waals surface area (Å²) in [5.74, 6) is 0.771. The monoisotopic (exact) mass is 415 g/mol. The molecular weight excluding hydrogens is 390 g/mol. The van der Waals surface area contributed by atoms with Gasteiger partial charge in [0, 0.05) is 25.9 Å². The summed E-state index contributed by atoms with van der Waals surface area (Å²) in [4.78, 5) is 26.8. The summed E-state index contributed by atoms with van der Waals surface area (Å²) in [6.45, 7) is 2.92. The number of rotatable bonds is 3. The number of nitrogens with zero attached hydrogens (tertiary/aromatic N) is 3. The lowest BCUT2D eigenvalue weighted by Crippen LogP contribution is -2.52. The van der Waals surface area contributed by atoms with Gasteiger partial charge in [-0.1, -0.05) is 23.8 Å². The van der Waals surface area contributed by atoms with Crippen molar-refractivity contribution >= 4 is 29.1 Å². The Morgan fingerprint density at radius 3 is 2.48 bits per heavy atom. The van der Waals surface area contributed by atoms with Crippen LogP contribution in [0.15, 0.2) is 35.5 Å². The van der Waals surface area contributed by atoms with Crippen LogP contribution in [0.2, 0.25) is 5.02 Å². The molecule has 0 N–H and O–H groups in total. The van der Waals surface area contributed by atoms with Gasteiger partial charge in [0.15, 0.2) is 0 Å². The van der Waals surface area contributed by atoms with Crippen molar-refractivity contribution in [2.24, 2.45) is 16.9 Å². The van der Waals surface area contributed by atoms with Crippen LogP contribution < -0.4 is 4.74 Å². The third kappa shape index (κ3) is 3.78. The lowest BCUT2D eigenvalue weighted by Gasteiger charge is -2.42. The summed E-state index contributed by atoms with van der Waals surface area (Å²) < 4.78 is 5.28. The number of ether oxygens (including phenoxy) is 1. The van der Waals surface area contributed by atoms with Crippen LogP contribution in [0.25, 0.3) is 0 Å². The van der Waals surface area contributed by atoms with Crippen LogP contribution in [0.3, 0.4) is 0 Å². The fraction of sp³-hybridized carbons (Fsp3) is 0.500. The summed E-state index contributed by atoms with van der Waals surface area (Å²) in [6, 6.07) is 5.71. The number of amides is 2. The van der Waals surface area contributed by atoms with E-state index in [-0.39, 0.29) is 29.7 Å². The van der Waals surface area contributed by atoms with Crippen molar-refractivity contribution in [3.05, 3.63) is 40.9 Å². The lowest BCUT2D eigenvalue weighted by atomic mass is 9.76. The minimum absolute atomic E-state index is 0.0219. The number of halogens is 1. The van der Waals surface area contributed by atoms with Crippen molar-refractivity contribution in [3.8, 4) is 5.75 Å². The molecule has 2 heterocycles. The number of benzene rings is 1. The first-order chi connectivity index (χ1) is 14.0. The zero-order valence-corrected chi connectivity index (χ0v) is 17.6. The predicted octanol–water partition coefficient (Wildman–Crippen LogP) is 3.49. The molecule has 1 saturated heterocycles. The Bertz CT molecular complexity index is 874. The van der Waals surface area contributed by atoms with E-state index >= 15 is 0 Å². The highest BCUT2D eigenvalue weighted by Gasteiger charge is 2.42. The highest BCUT2D eigenvalue weighted by Crippen LogP contribution is 2.37. The van der Waals surface area contributed by atoms with E-state index in [9.17, 15) is 9.59 Å². The largest absolute Gasteiger partial charge is 0.495 e. The van der Waals surface area contributed by atoms with Gasteiger partial charge in [-0.3, -0.25) is 9.59 Å². The van der Waals surface area contributed by atoms with Crippen molar-refractivity contribution < 1.29 is 14.3 Å². The van der Waals surface area contributed by atoms with Gasteiger partial charge in [-0.25, -0.2) is 5.01 Å². The first-order valence-corrected chi connectivity index (χ1v) is 10.5. The molecule has 0 aromatic heterocycles. The normalized spacial score (nSPS) is 24.9. The third-order valence-corrected chi connectivity index (χ3v) is 6.54. The number of carbonyl (C=O) groups is 2. The third-order valence-electron chi connectivity index (χ3n) is 6.25. The van der Waals surface area contributed by atoms with Crippen molar-refractivity contribution in [3.63, 3.8) is 0 Å². The number of likely N-dealkylation sites (tertiary alicyclic amines) is 1. The van der Waals surface area contributed by atoms with Crippen LogP contribution >= 0.6 is 11.6 Å². The maximum absolute atomic E-state index is 13.3. The molecular formula is C22H26ClN3O3. The fourth-order valence-corrected chi connectivity index (χ4v) is 4.84. The quantitative estimate of drug-likeness (QED) is 0.710. The number of methoxy groups -OCH3 is 1. The molecule has 6 nitrogen and oxygen atoms in total. The van der Waals surface area contributed by atoms with Gasteiger partial charge in [-0.15, -0.1) is 0 Å². The van der Waals surface area contributed by atoms with E-state index in [4.69, 9.17) is 21.4 Å². The second kappa shape index (κ2) is 8.19. The Morgan fingerprint density at radius 1 is 1.17 bits per heavy atom. The second-order valence-electron chi connectivity index (χ2n) is 7.91. The van der Waals surface area contributed by atoms with E-state index in [1.165, 1.54) is 0 Å². The number of hydrogen-bond acceptors (Lipinski definition) is 4. The molecule has 29 heavy (non-hydrogen) atoms. The highest BCUT2D eigenvalue weighted by molar-refractivity contribution is 6.32. The predicted molar refractivity (Wildman–Crippen MR) is 112 cm³/mol. The summed E-state index contributed by atoms with van der Waals surface area (Å²) in [5, 5.41) is 7.11. The SMILES string of the molecule is COc1ccc(C2=NN(C3CCN(C(C)=O)CC3)C(=O)[C@@H]3CC=CC[C@H]23)cc1Cl. The Hall–Kier alpha value is -2.34. The zero-order valence-electron chi connectivity index (χ0n) is 16.8. The molecule has 2 amide bonds. The molecule has 1 aromatic carbocycles. The van der Waals surface area contributed by atoms with Crippen LogP contribution in [0, 0.1) is 11.8 Å². The lowest BCUT2D eigenvalue weighted by molar-refractivity contribution is -0.142. The Balaban J connectivity index is 1.67. The second-order valence-corrected chi connectivity index (χ2v) is 8.32. The van der Waals surface area contributed by atoms with Gasteiger partial charge in [0.2, 0.25) is 11.8 Å². The van der Waals surface area contributed by atoms with Gasteiger partial charge < -0.3 is 9.64 Å². The van der Waals surface area contributed by atoms with Gasteiger partial charge in [-0.2, -0.15) is 5.10 Å². The molecule has 2 aliphatic heterocycles. The molecule has 2 atom stereocenters. The molecule has 1 aliphatic carbocycles. The van der Waals surface area contributed by atoms with E-state index < -0.39 is 0 Å². The molecule has 7 heteroatoms. The van der Waals surface area contributed by atoms with Crippen LogP contribution in [0.5, 0.6) is 5.75 Å². The highest BCUT2D eigenvalue weighted by atomic mass is 35.5. The van der Waals surface area contributed by atoms with Crippen molar-refractivity contribution in [1.29, 1.82) is 0 Å². The van der Waals surface area contributed by atoms with Crippen LogP contribution in [0.4, 0.5) is 0 Å². The minimum Gasteiger partial charge on any atom is -0.495 e. The summed E-state index contributed by atoms with van der Waals surface area (Å²) >= 11 is 6.37. The van der Waals surface area contributed by atoms with Crippen LogP contribution in [-0.2, 0) is 9.59 Å². The van der Waals surface area contributed by atoms with Gasteiger partial charge in [0.05, 0.1) is 29.8 Å². The van der Waals surface area contributed by atoms with Gasteiger partial charge in [0.1, 0.15) is 5.75 Å². The first-order valence-electron chi connectivity index (χ1n) is 10.2. The average molecular weight is 416 g/mol. The van der Waals surface area contributed by atoms with Gasteiger partial charge in [-0.05, 0) is 49.4 Å². The van der Waals surface area contributed by atoms with Crippen molar-refractivity contribution in [2.45, 2.75) is 38.6 Å². The molecule has 0 spiro atoms.